The highest BCUT2D eigenvalue weighted by molar-refractivity contribution is 4.95. The summed E-state index contributed by atoms with van der Waals surface area (Å²) in [5.41, 5.74) is 0. The molecular weight excluding hydrogens is 205 g/mol. The summed E-state index contributed by atoms with van der Waals surface area (Å²) in [5.74, 6) is 1.08. The van der Waals surface area contributed by atoms with Crippen molar-refractivity contribution in [2.24, 2.45) is 11.8 Å². The van der Waals surface area contributed by atoms with Crippen LogP contribution in [0.3, 0.4) is 0 Å². The van der Waals surface area contributed by atoms with Crippen LogP contribution in [0.4, 0.5) is 13.2 Å². The maximum Gasteiger partial charge on any atom is 0.390 e. The predicted octanol–water partition coefficient (Wildman–Crippen LogP) is 1.53. The molecule has 0 spiro atoms. The van der Waals surface area contributed by atoms with Gasteiger partial charge in [-0.25, -0.2) is 0 Å². The summed E-state index contributed by atoms with van der Waals surface area (Å²) in [6.07, 6.45) is -2.43. The van der Waals surface area contributed by atoms with Gasteiger partial charge in [0.05, 0.1) is 6.42 Å². The first-order valence-electron chi connectivity index (χ1n) is 5.57. The van der Waals surface area contributed by atoms with Crippen LogP contribution in [-0.2, 0) is 0 Å². The fraction of sp³-hybridized carbons (Fsp3) is 1.00. The Hall–Kier alpha value is -0.290. The van der Waals surface area contributed by atoms with Gasteiger partial charge in [0, 0.05) is 12.6 Å². The number of hydrogen-bond donors (Lipinski definition) is 2. The van der Waals surface area contributed by atoms with Crippen LogP contribution in [0.5, 0.6) is 0 Å². The molecule has 2 fully saturated rings. The molecule has 0 aromatic rings. The number of fused-ring (bicyclic) bond motifs is 2. The summed E-state index contributed by atoms with van der Waals surface area (Å²) in [7, 11) is 0. The number of alkyl halides is 3. The van der Waals surface area contributed by atoms with Gasteiger partial charge in [0.2, 0.25) is 0 Å². The molecule has 15 heavy (non-hydrogen) atoms. The van der Waals surface area contributed by atoms with Gasteiger partial charge in [-0.3, -0.25) is 0 Å². The smallest absolute Gasteiger partial charge is 0.316 e. The summed E-state index contributed by atoms with van der Waals surface area (Å²) in [6.45, 7) is 1.99. The Balaban J connectivity index is 1.75. The summed E-state index contributed by atoms with van der Waals surface area (Å²) in [5, 5.41) is 6.40. The Morgan fingerprint density at radius 1 is 1.13 bits per heavy atom. The van der Waals surface area contributed by atoms with Gasteiger partial charge in [-0.15, -0.1) is 0 Å². The molecular formula is C10H17F3N2. The molecule has 0 amide bonds. The van der Waals surface area contributed by atoms with Crippen LogP contribution in [0.1, 0.15) is 19.3 Å². The van der Waals surface area contributed by atoms with E-state index in [0.717, 1.165) is 25.9 Å². The van der Waals surface area contributed by atoms with Crippen molar-refractivity contribution in [3.63, 3.8) is 0 Å². The topological polar surface area (TPSA) is 24.1 Å². The van der Waals surface area contributed by atoms with Gasteiger partial charge in [-0.1, -0.05) is 0 Å². The molecule has 1 aliphatic carbocycles. The lowest BCUT2D eigenvalue weighted by atomic mass is 9.93. The van der Waals surface area contributed by atoms with Crippen molar-refractivity contribution in [3.05, 3.63) is 0 Å². The fourth-order valence-corrected chi connectivity index (χ4v) is 2.80. The van der Waals surface area contributed by atoms with Crippen LogP contribution in [0.25, 0.3) is 0 Å². The number of hydrogen-bond acceptors (Lipinski definition) is 2. The van der Waals surface area contributed by atoms with Crippen molar-refractivity contribution < 1.29 is 13.2 Å². The van der Waals surface area contributed by atoms with Crippen molar-refractivity contribution in [2.75, 3.05) is 19.6 Å². The van der Waals surface area contributed by atoms with E-state index in [4.69, 9.17) is 0 Å². The lowest BCUT2D eigenvalue weighted by Gasteiger charge is -2.31. The Labute approximate surface area is 87.6 Å². The normalized spacial score (nSPS) is 35.8. The lowest BCUT2D eigenvalue weighted by molar-refractivity contribution is -0.133. The fourth-order valence-electron chi connectivity index (χ4n) is 2.80. The molecule has 2 unspecified atom stereocenters. The molecule has 2 nitrogen and oxygen atoms in total. The minimum Gasteiger partial charge on any atom is -0.316 e. The molecule has 88 valence electrons. The van der Waals surface area contributed by atoms with Gasteiger partial charge in [-0.2, -0.15) is 13.2 Å². The molecule has 0 aromatic carbocycles. The zero-order valence-corrected chi connectivity index (χ0v) is 8.61. The van der Waals surface area contributed by atoms with Crippen molar-refractivity contribution in [2.45, 2.75) is 31.5 Å². The van der Waals surface area contributed by atoms with Gasteiger partial charge in [0.1, 0.15) is 0 Å². The first-order chi connectivity index (χ1) is 7.06. The average Bonchev–Trinajstić information content (AvgIpc) is 2.38. The summed E-state index contributed by atoms with van der Waals surface area (Å²) in [6, 6.07) is 0.314. The quantitative estimate of drug-likeness (QED) is 0.756. The van der Waals surface area contributed by atoms with E-state index in [1.807, 2.05) is 0 Å². The first-order valence-corrected chi connectivity index (χ1v) is 5.57. The SMILES string of the molecule is FC(F)(F)CCNC1C2CCC1CNC2. The molecule has 1 saturated carbocycles. The van der Waals surface area contributed by atoms with E-state index in [1.54, 1.807) is 0 Å². The van der Waals surface area contributed by atoms with Crippen LogP contribution >= 0.6 is 0 Å². The molecule has 2 atom stereocenters. The monoisotopic (exact) mass is 222 g/mol. The standard InChI is InChI=1S/C10H17F3N2/c11-10(12,13)3-4-15-9-7-1-2-8(9)6-14-5-7/h7-9,14-15H,1-6H2. The van der Waals surface area contributed by atoms with Gasteiger partial charge in [0.25, 0.3) is 0 Å². The van der Waals surface area contributed by atoms with E-state index in [0.29, 0.717) is 17.9 Å². The highest BCUT2D eigenvalue weighted by atomic mass is 19.4. The summed E-state index contributed by atoms with van der Waals surface area (Å²) < 4.78 is 35.9. The van der Waals surface area contributed by atoms with E-state index in [2.05, 4.69) is 10.6 Å². The second kappa shape index (κ2) is 4.29. The number of piperidine rings is 1. The molecule has 0 radical (unpaired) electrons. The van der Waals surface area contributed by atoms with E-state index in [9.17, 15) is 13.2 Å². The third-order valence-corrected chi connectivity index (χ3v) is 3.53. The average molecular weight is 222 g/mol. The molecule has 5 heteroatoms. The zero-order chi connectivity index (χ0) is 10.9. The molecule has 2 N–H and O–H groups in total. The number of rotatable bonds is 3. The first kappa shape index (κ1) is 11.2. The molecule has 2 bridgehead atoms. The van der Waals surface area contributed by atoms with Crippen molar-refractivity contribution in [1.82, 2.24) is 10.6 Å². The zero-order valence-electron chi connectivity index (χ0n) is 8.61. The maximum atomic E-state index is 12.0. The van der Waals surface area contributed by atoms with E-state index < -0.39 is 12.6 Å². The molecule has 0 aromatic heterocycles. The Morgan fingerprint density at radius 2 is 1.73 bits per heavy atom. The predicted molar refractivity (Wildman–Crippen MR) is 51.5 cm³/mol. The maximum absolute atomic E-state index is 12.0. The second-order valence-corrected chi connectivity index (χ2v) is 4.60. The molecule has 1 heterocycles. The molecule has 2 aliphatic rings. The highest BCUT2D eigenvalue weighted by Gasteiger charge is 2.38. The van der Waals surface area contributed by atoms with Crippen LogP contribution in [0, 0.1) is 11.8 Å². The van der Waals surface area contributed by atoms with Gasteiger partial charge >= 0.3 is 6.18 Å². The van der Waals surface area contributed by atoms with Crippen molar-refractivity contribution >= 4 is 0 Å². The van der Waals surface area contributed by atoms with Crippen LogP contribution in [-0.4, -0.2) is 31.9 Å². The van der Waals surface area contributed by atoms with E-state index in [-0.39, 0.29) is 6.54 Å². The van der Waals surface area contributed by atoms with Crippen LogP contribution in [0.15, 0.2) is 0 Å². The Morgan fingerprint density at radius 3 is 2.27 bits per heavy atom. The largest absolute Gasteiger partial charge is 0.390 e. The minimum atomic E-state index is -4.03. The molecule has 2 rings (SSSR count). The Bertz CT molecular complexity index is 201. The lowest BCUT2D eigenvalue weighted by Crippen LogP contribution is -2.49. The Kier molecular flexibility index (Phi) is 3.21. The third kappa shape index (κ3) is 2.84. The summed E-state index contributed by atoms with van der Waals surface area (Å²) in [4.78, 5) is 0. The molecule has 1 saturated heterocycles. The van der Waals surface area contributed by atoms with Gasteiger partial charge < -0.3 is 10.6 Å². The minimum absolute atomic E-state index is 0.0706. The highest BCUT2D eigenvalue weighted by Crippen LogP contribution is 2.33. The van der Waals surface area contributed by atoms with Crippen molar-refractivity contribution in [3.8, 4) is 0 Å². The second-order valence-electron chi connectivity index (χ2n) is 4.60. The van der Waals surface area contributed by atoms with E-state index in [1.165, 1.54) is 0 Å². The summed E-state index contributed by atoms with van der Waals surface area (Å²) >= 11 is 0. The third-order valence-electron chi connectivity index (χ3n) is 3.53. The van der Waals surface area contributed by atoms with Gasteiger partial charge in [-0.05, 0) is 37.8 Å². The number of nitrogens with one attached hydrogen (secondary N) is 2. The van der Waals surface area contributed by atoms with Crippen LogP contribution < -0.4 is 10.6 Å². The van der Waals surface area contributed by atoms with Crippen LogP contribution in [0.2, 0.25) is 0 Å². The number of halogens is 3. The molecule has 1 aliphatic heterocycles. The van der Waals surface area contributed by atoms with E-state index >= 15 is 0 Å². The van der Waals surface area contributed by atoms with Crippen molar-refractivity contribution in [1.29, 1.82) is 0 Å². The van der Waals surface area contributed by atoms with Gasteiger partial charge in [0.15, 0.2) is 0 Å².